The monoisotopic (exact) mass is 368 g/mol. The van der Waals surface area contributed by atoms with Crippen molar-refractivity contribution >= 4 is 11.9 Å². The molecule has 0 bridgehead atoms. The van der Waals surface area contributed by atoms with Crippen molar-refractivity contribution in [3.8, 4) is 0 Å². The minimum Gasteiger partial charge on any atom is -0.469 e. The topological polar surface area (TPSA) is 49.9 Å². The number of esters is 1. The average molecular weight is 369 g/mol. The Hall–Kier alpha value is -1.10. The van der Waals surface area contributed by atoms with E-state index in [0.29, 0.717) is 18.9 Å². The van der Waals surface area contributed by atoms with Gasteiger partial charge < -0.3 is 14.5 Å². The van der Waals surface area contributed by atoms with Gasteiger partial charge in [-0.2, -0.15) is 0 Å². The van der Waals surface area contributed by atoms with Crippen molar-refractivity contribution in [1.29, 1.82) is 0 Å². The molecule has 0 heterocycles. The van der Waals surface area contributed by atoms with Crippen molar-refractivity contribution in [2.24, 2.45) is 11.8 Å². The smallest absolute Gasteiger partial charge is 0.310 e. The molecule has 0 radical (unpaired) electrons. The SMILES string of the molecule is CCN(CC)CCCCN(CC(C)C(=O)OC)C(=O)CC1CCCCC1. The number of nitrogens with zero attached hydrogens (tertiary/aromatic N) is 2. The first-order valence-corrected chi connectivity index (χ1v) is 10.6. The molecule has 1 aliphatic rings. The molecule has 1 atom stereocenters. The zero-order chi connectivity index (χ0) is 19.4. The van der Waals surface area contributed by atoms with Gasteiger partial charge in [0.15, 0.2) is 0 Å². The maximum atomic E-state index is 12.9. The van der Waals surface area contributed by atoms with Crippen LogP contribution >= 0.6 is 0 Å². The summed E-state index contributed by atoms with van der Waals surface area (Å²) in [6.45, 7) is 10.6. The molecule has 0 N–H and O–H groups in total. The fraction of sp³-hybridized carbons (Fsp3) is 0.905. The average Bonchev–Trinajstić information content (AvgIpc) is 2.67. The molecule has 1 saturated carbocycles. The molecule has 0 aliphatic heterocycles. The van der Waals surface area contributed by atoms with Crippen LogP contribution in [0.2, 0.25) is 0 Å². The molecule has 26 heavy (non-hydrogen) atoms. The fourth-order valence-corrected chi connectivity index (χ4v) is 3.87. The Morgan fingerprint density at radius 1 is 1.04 bits per heavy atom. The van der Waals surface area contributed by atoms with Crippen molar-refractivity contribution in [2.45, 2.75) is 72.1 Å². The summed E-state index contributed by atoms with van der Waals surface area (Å²) in [6.07, 6.45) is 8.87. The van der Waals surface area contributed by atoms with Gasteiger partial charge in [-0.25, -0.2) is 0 Å². The van der Waals surface area contributed by atoms with Crippen LogP contribution in [-0.4, -0.2) is 61.5 Å². The summed E-state index contributed by atoms with van der Waals surface area (Å²) in [4.78, 5) is 29.0. The van der Waals surface area contributed by atoms with Gasteiger partial charge in [-0.15, -0.1) is 0 Å². The van der Waals surface area contributed by atoms with Crippen LogP contribution in [0.5, 0.6) is 0 Å². The minimum absolute atomic E-state index is 0.218. The molecule has 5 heteroatoms. The van der Waals surface area contributed by atoms with E-state index >= 15 is 0 Å². The maximum absolute atomic E-state index is 12.9. The van der Waals surface area contributed by atoms with Crippen LogP contribution in [0.1, 0.15) is 72.1 Å². The Morgan fingerprint density at radius 2 is 1.65 bits per heavy atom. The number of hydrogen-bond acceptors (Lipinski definition) is 4. The number of methoxy groups -OCH3 is 1. The maximum Gasteiger partial charge on any atom is 0.310 e. The summed E-state index contributed by atoms with van der Waals surface area (Å²) in [7, 11) is 1.41. The van der Waals surface area contributed by atoms with E-state index in [4.69, 9.17) is 4.74 Å². The van der Waals surface area contributed by atoms with Crippen LogP contribution in [0.15, 0.2) is 0 Å². The second kappa shape index (κ2) is 13.1. The zero-order valence-corrected chi connectivity index (χ0v) is 17.5. The van der Waals surface area contributed by atoms with E-state index in [-0.39, 0.29) is 17.8 Å². The molecule has 0 saturated heterocycles. The molecule has 0 spiro atoms. The van der Waals surface area contributed by atoms with Gasteiger partial charge in [0.1, 0.15) is 0 Å². The molecule has 0 aromatic carbocycles. The van der Waals surface area contributed by atoms with Crippen LogP contribution in [-0.2, 0) is 14.3 Å². The summed E-state index contributed by atoms with van der Waals surface area (Å²) in [5.41, 5.74) is 0. The van der Waals surface area contributed by atoms with Gasteiger partial charge in [0.25, 0.3) is 0 Å². The number of carbonyl (C=O) groups is 2. The minimum atomic E-state index is -0.266. The lowest BCUT2D eigenvalue weighted by Gasteiger charge is -2.29. The first-order valence-electron chi connectivity index (χ1n) is 10.6. The van der Waals surface area contributed by atoms with Gasteiger partial charge in [0.2, 0.25) is 5.91 Å². The van der Waals surface area contributed by atoms with Crippen molar-refractivity contribution in [3.05, 3.63) is 0 Å². The van der Waals surface area contributed by atoms with Gasteiger partial charge in [-0.3, -0.25) is 9.59 Å². The standard InChI is InChI=1S/C21H40N2O3/c1-5-22(6-2)14-10-11-15-23(17-18(3)21(25)26-4)20(24)16-19-12-8-7-9-13-19/h18-19H,5-17H2,1-4H3. The van der Waals surface area contributed by atoms with Gasteiger partial charge in [-0.05, 0) is 51.2 Å². The summed E-state index contributed by atoms with van der Waals surface area (Å²) >= 11 is 0. The molecule has 0 aromatic heterocycles. The van der Waals surface area contributed by atoms with Crippen LogP contribution in [0.3, 0.4) is 0 Å². The number of ether oxygens (including phenoxy) is 1. The van der Waals surface area contributed by atoms with E-state index in [1.807, 2.05) is 11.8 Å². The molecule has 0 aromatic rings. The second-order valence-electron chi connectivity index (χ2n) is 7.71. The Morgan fingerprint density at radius 3 is 2.23 bits per heavy atom. The van der Waals surface area contributed by atoms with E-state index in [0.717, 1.165) is 39.0 Å². The normalized spacial score (nSPS) is 16.5. The van der Waals surface area contributed by atoms with Crippen LogP contribution < -0.4 is 0 Å². The highest BCUT2D eigenvalue weighted by atomic mass is 16.5. The largest absolute Gasteiger partial charge is 0.469 e. The van der Waals surface area contributed by atoms with Crippen LogP contribution in [0.4, 0.5) is 0 Å². The highest BCUT2D eigenvalue weighted by Crippen LogP contribution is 2.27. The number of rotatable bonds is 12. The molecule has 1 rings (SSSR count). The van der Waals surface area contributed by atoms with Gasteiger partial charge in [0.05, 0.1) is 13.0 Å². The van der Waals surface area contributed by atoms with Gasteiger partial charge in [0, 0.05) is 19.5 Å². The Labute approximate surface area is 160 Å². The van der Waals surface area contributed by atoms with Crippen molar-refractivity contribution in [2.75, 3.05) is 39.8 Å². The van der Waals surface area contributed by atoms with E-state index in [9.17, 15) is 9.59 Å². The quantitative estimate of drug-likeness (QED) is 0.389. The van der Waals surface area contributed by atoms with Crippen molar-refractivity contribution < 1.29 is 14.3 Å². The second-order valence-corrected chi connectivity index (χ2v) is 7.71. The third-order valence-corrected chi connectivity index (χ3v) is 5.69. The first kappa shape index (κ1) is 22.9. The molecule has 1 fully saturated rings. The predicted octanol–water partition coefficient (Wildman–Crippen LogP) is 3.72. The molecule has 5 nitrogen and oxygen atoms in total. The first-order chi connectivity index (χ1) is 12.5. The highest BCUT2D eigenvalue weighted by Gasteiger charge is 2.24. The van der Waals surface area contributed by atoms with E-state index in [2.05, 4.69) is 18.7 Å². The lowest BCUT2D eigenvalue weighted by atomic mass is 9.86. The van der Waals surface area contributed by atoms with Crippen LogP contribution in [0, 0.1) is 11.8 Å². The molecule has 1 amide bonds. The third-order valence-electron chi connectivity index (χ3n) is 5.69. The number of hydrogen-bond donors (Lipinski definition) is 0. The molecular formula is C21H40N2O3. The van der Waals surface area contributed by atoms with E-state index in [1.165, 1.54) is 39.2 Å². The Bertz CT molecular complexity index is 404. The zero-order valence-electron chi connectivity index (χ0n) is 17.5. The molecule has 1 aliphatic carbocycles. The molecule has 1 unspecified atom stereocenters. The lowest BCUT2D eigenvalue weighted by molar-refractivity contribution is -0.146. The summed E-state index contributed by atoms with van der Waals surface area (Å²) in [5.74, 6) is 0.250. The highest BCUT2D eigenvalue weighted by molar-refractivity contribution is 5.78. The number of carbonyl (C=O) groups excluding carboxylic acids is 2. The third kappa shape index (κ3) is 8.52. The summed E-state index contributed by atoms with van der Waals surface area (Å²) in [6, 6.07) is 0. The summed E-state index contributed by atoms with van der Waals surface area (Å²) in [5, 5.41) is 0. The Kier molecular flexibility index (Phi) is 11.6. The van der Waals surface area contributed by atoms with E-state index in [1.54, 1.807) is 0 Å². The van der Waals surface area contributed by atoms with Crippen molar-refractivity contribution in [1.82, 2.24) is 9.80 Å². The van der Waals surface area contributed by atoms with Crippen LogP contribution in [0.25, 0.3) is 0 Å². The Balaban J connectivity index is 2.53. The molecular weight excluding hydrogens is 328 g/mol. The number of amides is 1. The van der Waals surface area contributed by atoms with Gasteiger partial charge >= 0.3 is 5.97 Å². The fourth-order valence-electron chi connectivity index (χ4n) is 3.87. The van der Waals surface area contributed by atoms with E-state index < -0.39 is 0 Å². The van der Waals surface area contributed by atoms with Crippen molar-refractivity contribution in [3.63, 3.8) is 0 Å². The lowest BCUT2D eigenvalue weighted by Crippen LogP contribution is -2.39. The van der Waals surface area contributed by atoms with Gasteiger partial charge in [-0.1, -0.05) is 40.0 Å². The molecule has 152 valence electrons. The number of unbranched alkanes of at least 4 members (excludes halogenated alkanes) is 1. The summed E-state index contributed by atoms with van der Waals surface area (Å²) < 4.78 is 4.85. The predicted molar refractivity (Wildman–Crippen MR) is 106 cm³/mol.